The van der Waals surface area contributed by atoms with Crippen LogP contribution in [-0.4, -0.2) is 56.8 Å². The first kappa shape index (κ1) is 19.8. The number of carbonyl (C=O) groups excluding carboxylic acids is 1. The summed E-state index contributed by atoms with van der Waals surface area (Å²) in [5.74, 6) is 0.0572. The number of aliphatic imine (C=N–C) groups is 1. The van der Waals surface area contributed by atoms with Crippen LogP contribution in [0.1, 0.15) is 39.2 Å². The van der Waals surface area contributed by atoms with E-state index >= 15 is 0 Å². The van der Waals surface area contributed by atoms with Gasteiger partial charge < -0.3 is 10.2 Å². The first-order chi connectivity index (χ1) is 12.8. The Morgan fingerprint density at radius 1 is 1.30 bits per heavy atom. The highest BCUT2D eigenvalue weighted by Gasteiger charge is 2.33. The second-order valence-corrected chi connectivity index (χ2v) is 9.14. The van der Waals surface area contributed by atoms with Crippen molar-refractivity contribution < 1.29 is 13.2 Å². The number of nitrogens with one attached hydrogen (secondary N) is 2. The fourth-order valence-electron chi connectivity index (χ4n) is 3.56. The van der Waals surface area contributed by atoms with Crippen LogP contribution in [0.4, 0.5) is 0 Å². The summed E-state index contributed by atoms with van der Waals surface area (Å²) < 4.78 is 27.0. The Labute approximate surface area is 161 Å². The number of amides is 1. The Hall–Kier alpha value is -1.93. The molecule has 1 amide bonds. The lowest BCUT2D eigenvalue weighted by Gasteiger charge is -2.32. The number of nitrogens with zero attached hydrogens (tertiary/aromatic N) is 2. The average Bonchev–Trinajstić information content (AvgIpc) is 2.90. The molecule has 2 aliphatic rings. The van der Waals surface area contributed by atoms with Crippen LogP contribution in [0.5, 0.6) is 0 Å². The number of hydrogen-bond acceptors (Lipinski definition) is 5. The molecule has 7 nitrogen and oxygen atoms in total. The van der Waals surface area contributed by atoms with Gasteiger partial charge in [-0.25, -0.2) is 8.42 Å². The summed E-state index contributed by atoms with van der Waals surface area (Å²) in [6.07, 6.45) is 1.85. The van der Waals surface area contributed by atoms with Crippen molar-refractivity contribution in [2.24, 2.45) is 10.9 Å². The van der Waals surface area contributed by atoms with Gasteiger partial charge in [0.15, 0.2) is 0 Å². The molecule has 1 fully saturated rings. The Morgan fingerprint density at radius 3 is 2.59 bits per heavy atom. The molecule has 0 aliphatic carbocycles. The summed E-state index contributed by atoms with van der Waals surface area (Å²) in [4.78, 5) is 19.9. The maximum Gasteiger partial charge on any atom is 0.263 e. The lowest BCUT2D eigenvalue weighted by molar-refractivity contribution is -0.124. The monoisotopic (exact) mass is 392 g/mol. The van der Waals surface area contributed by atoms with Gasteiger partial charge in [-0.2, -0.15) is 0 Å². The number of benzene rings is 1. The van der Waals surface area contributed by atoms with Crippen molar-refractivity contribution in [3.05, 3.63) is 29.8 Å². The van der Waals surface area contributed by atoms with Crippen molar-refractivity contribution in [1.82, 2.24) is 14.9 Å². The molecular formula is C19H28N4O3S. The molecule has 0 saturated carbocycles. The van der Waals surface area contributed by atoms with Crippen molar-refractivity contribution in [2.45, 2.75) is 50.6 Å². The van der Waals surface area contributed by atoms with Crippen LogP contribution in [0, 0.1) is 5.92 Å². The van der Waals surface area contributed by atoms with Crippen LogP contribution >= 0.6 is 0 Å². The standard InChI is InChI=1S/C19H28N4O3S/c1-4-23-11-9-14(10-12-23)20-19(24)17(13(2)3)21-18-15-7-5-6-8-16(15)27(25,26)22-18/h5-8,13-14,17H,4,9-12H2,1-3H3,(H,20,24)(H,21,22)/t17-/m0/s1. The van der Waals surface area contributed by atoms with E-state index in [0.29, 0.717) is 5.56 Å². The number of carbonyl (C=O) groups is 1. The van der Waals surface area contributed by atoms with E-state index in [1.165, 1.54) is 0 Å². The number of hydrogen-bond donors (Lipinski definition) is 2. The van der Waals surface area contributed by atoms with Gasteiger partial charge in [-0.05, 0) is 37.4 Å². The van der Waals surface area contributed by atoms with E-state index in [0.717, 1.165) is 32.5 Å². The van der Waals surface area contributed by atoms with E-state index in [-0.39, 0.29) is 28.6 Å². The fraction of sp³-hybridized carbons (Fsp3) is 0.579. The number of likely N-dealkylation sites (tertiary alicyclic amines) is 1. The SMILES string of the molecule is CCN1CCC(NC(=O)[C@@H](N=C2NS(=O)(=O)c3ccccc32)C(C)C)CC1. The molecule has 148 valence electrons. The van der Waals surface area contributed by atoms with Gasteiger partial charge in [-0.15, -0.1) is 0 Å². The number of piperidine rings is 1. The molecule has 1 aromatic carbocycles. The third-order valence-corrected chi connectivity index (χ3v) is 6.61. The van der Waals surface area contributed by atoms with E-state index in [9.17, 15) is 13.2 Å². The minimum atomic E-state index is -3.61. The molecule has 3 rings (SSSR count). The molecule has 1 saturated heterocycles. The van der Waals surface area contributed by atoms with Gasteiger partial charge in [0.25, 0.3) is 10.0 Å². The highest BCUT2D eigenvalue weighted by molar-refractivity contribution is 7.90. The van der Waals surface area contributed by atoms with Gasteiger partial charge in [-0.1, -0.05) is 32.9 Å². The summed E-state index contributed by atoms with van der Waals surface area (Å²) in [7, 11) is -3.61. The predicted octanol–water partition coefficient (Wildman–Crippen LogP) is 1.35. The molecule has 2 heterocycles. The van der Waals surface area contributed by atoms with Crippen molar-refractivity contribution in [3.63, 3.8) is 0 Å². The van der Waals surface area contributed by atoms with Crippen molar-refractivity contribution >= 4 is 21.8 Å². The van der Waals surface area contributed by atoms with Crippen molar-refractivity contribution in [3.8, 4) is 0 Å². The zero-order chi connectivity index (χ0) is 19.6. The molecule has 2 N–H and O–H groups in total. The minimum Gasteiger partial charge on any atom is -0.351 e. The molecule has 2 aliphatic heterocycles. The normalized spacial score (nSPS) is 22.4. The Balaban J connectivity index is 1.77. The van der Waals surface area contributed by atoms with Gasteiger partial charge in [0.2, 0.25) is 5.91 Å². The zero-order valence-electron chi connectivity index (χ0n) is 16.1. The maximum absolute atomic E-state index is 12.9. The number of amidine groups is 1. The van der Waals surface area contributed by atoms with Gasteiger partial charge in [-0.3, -0.25) is 14.5 Å². The molecule has 0 spiro atoms. The molecule has 0 radical (unpaired) electrons. The second-order valence-electron chi connectivity index (χ2n) is 7.49. The van der Waals surface area contributed by atoms with Crippen molar-refractivity contribution in [2.75, 3.05) is 19.6 Å². The lowest BCUT2D eigenvalue weighted by atomic mass is 10.0. The fourth-order valence-corrected chi connectivity index (χ4v) is 4.80. The van der Waals surface area contributed by atoms with Crippen LogP contribution in [0.15, 0.2) is 34.2 Å². The van der Waals surface area contributed by atoms with Gasteiger partial charge in [0.1, 0.15) is 11.9 Å². The van der Waals surface area contributed by atoms with E-state index in [4.69, 9.17) is 0 Å². The molecule has 1 atom stereocenters. The van der Waals surface area contributed by atoms with E-state index in [2.05, 4.69) is 26.9 Å². The number of fused-ring (bicyclic) bond motifs is 1. The molecule has 0 bridgehead atoms. The third kappa shape index (κ3) is 4.32. The molecular weight excluding hydrogens is 364 g/mol. The Bertz CT molecular complexity index is 827. The molecule has 0 unspecified atom stereocenters. The maximum atomic E-state index is 12.9. The van der Waals surface area contributed by atoms with Crippen LogP contribution in [0.2, 0.25) is 0 Å². The van der Waals surface area contributed by atoms with Crippen LogP contribution < -0.4 is 10.0 Å². The average molecular weight is 393 g/mol. The molecule has 8 heteroatoms. The first-order valence-corrected chi connectivity index (χ1v) is 11.0. The second kappa shape index (κ2) is 7.98. The predicted molar refractivity (Wildman–Crippen MR) is 105 cm³/mol. The molecule has 27 heavy (non-hydrogen) atoms. The number of sulfonamides is 1. The summed E-state index contributed by atoms with van der Waals surface area (Å²) in [6.45, 7) is 8.98. The smallest absolute Gasteiger partial charge is 0.263 e. The highest BCUT2D eigenvalue weighted by atomic mass is 32.2. The summed E-state index contributed by atoms with van der Waals surface area (Å²) in [5.41, 5.74) is 0.521. The minimum absolute atomic E-state index is 0.0505. The topological polar surface area (TPSA) is 90.9 Å². The van der Waals surface area contributed by atoms with Gasteiger partial charge in [0, 0.05) is 24.7 Å². The van der Waals surface area contributed by atoms with Gasteiger partial charge in [0.05, 0.1) is 4.90 Å². The molecule has 0 aromatic heterocycles. The summed E-state index contributed by atoms with van der Waals surface area (Å²) >= 11 is 0. The van der Waals surface area contributed by atoms with Gasteiger partial charge >= 0.3 is 0 Å². The van der Waals surface area contributed by atoms with Crippen LogP contribution in [-0.2, 0) is 14.8 Å². The summed E-state index contributed by atoms with van der Waals surface area (Å²) in [6, 6.07) is 6.21. The Morgan fingerprint density at radius 2 is 1.96 bits per heavy atom. The molecule has 1 aromatic rings. The largest absolute Gasteiger partial charge is 0.351 e. The van der Waals surface area contributed by atoms with Crippen LogP contribution in [0.3, 0.4) is 0 Å². The van der Waals surface area contributed by atoms with E-state index < -0.39 is 16.1 Å². The van der Waals surface area contributed by atoms with E-state index in [1.54, 1.807) is 24.3 Å². The third-order valence-electron chi connectivity index (χ3n) is 5.21. The number of rotatable bonds is 5. The lowest BCUT2D eigenvalue weighted by Crippen LogP contribution is -2.48. The quantitative estimate of drug-likeness (QED) is 0.791. The Kier molecular flexibility index (Phi) is 5.86. The summed E-state index contributed by atoms with van der Waals surface area (Å²) in [5, 5.41) is 3.11. The zero-order valence-corrected chi connectivity index (χ0v) is 16.9. The van der Waals surface area contributed by atoms with Crippen molar-refractivity contribution in [1.29, 1.82) is 0 Å². The van der Waals surface area contributed by atoms with E-state index in [1.807, 2.05) is 13.8 Å². The first-order valence-electron chi connectivity index (χ1n) is 9.54. The van der Waals surface area contributed by atoms with Crippen LogP contribution in [0.25, 0.3) is 0 Å². The highest BCUT2D eigenvalue weighted by Crippen LogP contribution is 2.23.